The number of ether oxygens (including phenoxy) is 1. The monoisotopic (exact) mass is 748 g/mol. The maximum absolute atomic E-state index is 12.9. The Morgan fingerprint density at radius 3 is 2.07 bits per heavy atom. The zero-order chi connectivity index (χ0) is 38.8. The van der Waals surface area contributed by atoms with Crippen LogP contribution >= 0.6 is 0 Å². The second-order valence-electron chi connectivity index (χ2n) is 18.1. The van der Waals surface area contributed by atoms with Crippen molar-refractivity contribution in [3.05, 3.63) is 48.6 Å². The van der Waals surface area contributed by atoms with Crippen molar-refractivity contribution < 1.29 is 24.2 Å². The Bertz CT molecular complexity index is 1280. The predicted molar refractivity (Wildman–Crippen MR) is 222 cm³/mol. The molecular formula is C48H77NO5. The molecule has 9 atom stereocenters. The fourth-order valence-corrected chi connectivity index (χ4v) is 11.7. The summed E-state index contributed by atoms with van der Waals surface area (Å²) in [5, 5.41) is 11.4. The molecule has 4 saturated carbocycles. The van der Waals surface area contributed by atoms with Crippen molar-refractivity contribution in [2.75, 3.05) is 6.54 Å². The van der Waals surface area contributed by atoms with E-state index >= 15 is 0 Å². The number of esters is 1. The van der Waals surface area contributed by atoms with Crippen LogP contribution in [0.15, 0.2) is 48.6 Å². The number of carbonyl (C=O) groups is 3. The summed E-state index contributed by atoms with van der Waals surface area (Å²) in [5.41, 5.74) is 0.696. The Balaban J connectivity index is 1.07. The first-order chi connectivity index (χ1) is 26.1. The van der Waals surface area contributed by atoms with E-state index in [-0.39, 0.29) is 24.5 Å². The van der Waals surface area contributed by atoms with Crippen molar-refractivity contribution in [1.29, 1.82) is 0 Å². The molecule has 4 aliphatic rings. The minimum Gasteiger partial charge on any atom is -0.480 e. The zero-order valence-corrected chi connectivity index (χ0v) is 34.7. The lowest BCUT2D eigenvalue weighted by Gasteiger charge is -2.61. The molecule has 1 amide bonds. The van der Waals surface area contributed by atoms with E-state index < -0.39 is 5.97 Å². The van der Waals surface area contributed by atoms with E-state index in [0.717, 1.165) is 82.0 Å². The smallest absolute Gasteiger partial charge is 0.322 e. The Labute approximate surface area is 329 Å². The van der Waals surface area contributed by atoms with Crippen LogP contribution in [-0.4, -0.2) is 35.6 Å². The molecule has 6 heteroatoms. The van der Waals surface area contributed by atoms with E-state index in [2.05, 4.69) is 81.6 Å². The number of amides is 1. The van der Waals surface area contributed by atoms with E-state index in [1.54, 1.807) is 0 Å². The van der Waals surface area contributed by atoms with Gasteiger partial charge in [-0.2, -0.15) is 0 Å². The molecule has 0 radical (unpaired) electrons. The van der Waals surface area contributed by atoms with Gasteiger partial charge in [-0.3, -0.25) is 14.4 Å². The Kier molecular flexibility index (Phi) is 18.6. The Morgan fingerprint density at radius 1 is 0.741 bits per heavy atom. The highest BCUT2D eigenvalue weighted by Gasteiger charge is 2.60. The van der Waals surface area contributed by atoms with Gasteiger partial charge < -0.3 is 15.2 Å². The average molecular weight is 748 g/mol. The third-order valence-corrected chi connectivity index (χ3v) is 14.7. The maximum atomic E-state index is 12.9. The summed E-state index contributed by atoms with van der Waals surface area (Å²) in [6.07, 6.45) is 43.3. The molecule has 0 bridgehead atoms. The molecule has 6 nitrogen and oxygen atoms in total. The molecule has 9 unspecified atom stereocenters. The number of fused-ring (bicyclic) bond motifs is 5. The van der Waals surface area contributed by atoms with Gasteiger partial charge in [0, 0.05) is 12.8 Å². The molecule has 0 aromatic carbocycles. The molecular weight excluding hydrogens is 671 g/mol. The number of nitrogens with one attached hydrogen (secondary N) is 1. The summed E-state index contributed by atoms with van der Waals surface area (Å²) in [6.45, 7) is 9.34. The number of unbranched alkanes of at least 4 members (excludes halogenated alkanes) is 6. The molecule has 304 valence electrons. The third kappa shape index (κ3) is 13.0. The van der Waals surface area contributed by atoms with Gasteiger partial charge in [0.15, 0.2) is 0 Å². The highest BCUT2D eigenvalue weighted by Crippen LogP contribution is 2.68. The van der Waals surface area contributed by atoms with E-state index in [1.165, 1.54) is 70.6 Å². The summed E-state index contributed by atoms with van der Waals surface area (Å²) in [4.78, 5) is 35.9. The van der Waals surface area contributed by atoms with Crippen LogP contribution in [0.3, 0.4) is 0 Å². The van der Waals surface area contributed by atoms with Crippen LogP contribution in [0.25, 0.3) is 0 Å². The van der Waals surface area contributed by atoms with Gasteiger partial charge in [-0.05, 0) is 155 Å². The summed E-state index contributed by atoms with van der Waals surface area (Å²) in [5.74, 6) is 2.99. The average Bonchev–Trinajstić information content (AvgIpc) is 3.51. The van der Waals surface area contributed by atoms with Crippen molar-refractivity contribution in [2.24, 2.45) is 46.3 Å². The molecule has 4 fully saturated rings. The van der Waals surface area contributed by atoms with Crippen LogP contribution in [0.1, 0.15) is 175 Å². The first-order valence-corrected chi connectivity index (χ1v) is 22.4. The van der Waals surface area contributed by atoms with Gasteiger partial charge in [0.1, 0.15) is 12.6 Å². The summed E-state index contributed by atoms with van der Waals surface area (Å²) >= 11 is 0. The number of allylic oxidation sites excluding steroid dienone is 8. The zero-order valence-electron chi connectivity index (χ0n) is 34.7. The van der Waals surface area contributed by atoms with Crippen molar-refractivity contribution in [3.63, 3.8) is 0 Å². The fourth-order valence-electron chi connectivity index (χ4n) is 11.7. The molecule has 2 N–H and O–H groups in total. The van der Waals surface area contributed by atoms with E-state index in [4.69, 9.17) is 9.84 Å². The minimum absolute atomic E-state index is 0.0237. The molecule has 0 saturated heterocycles. The summed E-state index contributed by atoms with van der Waals surface area (Å²) < 4.78 is 6.14. The number of carboxylic acid groups (broad SMARTS) is 1. The molecule has 0 aliphatic heterocycles. The number of carbonyl (C=O) groups excluding carboxylic acids is 2. The van der Waals surface area contributed by atoms with Crippen molar-refractivity contribution in [2.45, 2.75) is 181 Å². The predicted octanol–water partition coefficient (Wildman–Crippen LogP) is 12.1. The van der Waals surface area contributed by atoms with Gasteiger partial charge in [-0.25, -0.2) is 0 Å². The van der Waals surface area contributed by atoms with Crippen molar-refractivity contribution in [3.8, 4) is 0 Å². The van der Waals surface area contributed by atoms with Gasteiger partial charge in [0.25, 0.3) is 0 Å². The largest absolute Gasteiger partial charge is 0.480 e. The van der Waals surface area contributed by atoms with Crippen LogP contribution in [0, 0.1) is 46.3 Å². The van der Waals surface area contributed by atoms with Crippen molar-refractivity contribution in [1.82, 2.24) is 5.32 Å². The van der Waals surface area contributed by atoms with Gasteiger partial charge >= 0.3 is 11.9 Å². The Morgan fingerprint density at radius 2 is 1.37 bits per heavy atom. The second kappa shape index (κ2) is 22.8. The first kappa shape index (κ1) is 44.1. The lowest BCUT2D eigenvalue weighted by Crippen LogP contribution is -2.54. The highest BCUT2D eigenvalue weighted by atomic mass is 16.5. The SMILES string of the molecule is CC/C=C\C/C=C\C/C=C\C/C=C\CCCCCCCCC(=O)OC1CCC2(C)C(CCC3C2CCC2(C)C(C(C)CCC(=O)NCC(=O)O)CCC32)C1. The molecule has 0 aromatic heterocycles. The van der Waals surface area contributed by atoms with Crippen LogP contribution in [0.4, 0.5) is 0 Å². The molecule has 54 heavy (non-hydrogen) atoms. The van der Waals surface area contributed by atoms with Crippen LogP contribution in [0.5, 0.6) is 0 Å². The quantitative estimate of drug-likeness (QED) is 0.0617. The number of hydrogen-bond donors (Lipinski definition) is 2. The molecule has 0 heterocycles. The summed E-state index contributed by atoms with van der Waals surface area (Å²) in [7, 11) is 0. The van der Waals surface area contributed by atoms with E-state index in [9.17, 15) is 14.4 Å². The van der Waals surface area contributed by atoms with E-state index in [1.807, 2.05) is 0 Å². The lowest BCUT2D eigenvalue weighted by molar-refractivity contribution is -0.162. The second-order valence-corrected chi connectivity index (χ2v) is 18.1. The molecule has 0 spiro atoms. The number of hydrogen-bond acceptors (Lipinski definition) is 4. The Hall–Kier alpha value is -2.63. The van der Waals surface area contributed by atoms with Crippen LogP contribution in [-0.2, 0) is 19.1 Å². The summed E-state index contributed by atoms with van der Waals surface area (Å²) in [6, 6.07) is 0. The third-order valence-electron chi connectivity index (χ3n) is 14.7. The normalized spacial score (nSPS) is 31.5. The van der Waals surface area contributed by atoms with Gasteiger partial charge in [-0.15, -0.1) is 0 Å². The molecule has 4 aliphatic carbocycles. The highest BCUT2D eigenvalue weighted by molar-refractivity contribution is 5.81. The standard InChI is InChI=1S/C48H77NO5/c1-5-6-7-8-9-10-11-12-13-14-15-16-17-18-19-20-21-22-23-24-46(53)54-39-31-33-47(3)38(35-39)26-27-40-42-29-28-41(48(42,4)34-32-43(40)47)37(2)25-30-44(50)49-36-45(51)52/h6-7,9-10,12-13,15-16,37-43H,5,8,11,14,17-36H2,1-4H3,(H,49,50)(H,51,52)/b7-6-,10-9-,13-12-,16-15-. The topological polar surface area (TPSA) is 92.7 Å². The number of rotatable bonds is 23. The lowest BCUT2D eigenvalue weighted by atomic mass is 9.44. The number of aliphatic carboxylic acids is 1. The van der Waals surface area contributed by atoms with Gasteiger partial charge in [0.05, 0.1) is 0 Å². The van der Waals surface area contributed by atoms with Crippen LogP contribution < -0.4 is 5.32 Å². The maximum Gasteiger partial charge on any atom is 0.322 e. The van der Waals surface area contributed by atoms with Crippen LogP contribution in [0.2, 0.25) is 0 Å². The number of carboxylic acids is 1. The van der Waals surface area contributed by atoms with Gasteiger partial charge in [0.2, 0.25) is 5.91 Å². The first-order valence-electron chi connectivity index (χ1n) is 22.4. The fraction of sp³-hybridized carbons (Fsp3) is 0.771. The van der Waals surface area contributed by atoms with Gasteiger partial charge in [-0.1, -0.05) is 102 Å². The van der Waals surface area contributed by atoms with Crippen molar-refractivity contribution >= 4 is 17.8 Å². The minimum atomic E-state index is -0.992. The molecule has 0 aromatic rings. The molecule has 4 rings (SSSR count). The van der Waals surface area contributed by atoms with E-state index in [0.29, 0.717) is 41.4 Å².